The number of nitrogens with zero attached hydrogens (tertiary/aromatic N) is 2. The Bertz CT molecular complexity index is 2850. The number of oxazole rings is 1. The molecule has 4 nitrogen and oxygen atoms in total. The molecule has 0 radical (unpaired) electrons. The third kappa shape index (κ3) is 5.22. The Morgan fingerprint density at radius 2 is 0.980 bits per heavy atom. The zero-order chi connectivity index (χ0) is 33.7. The van der Waals surface area contributed by atoms with Crippen LogP contribution >= 0.6 is 0 Å². The summed E-state index contributed by atoms with van der Waals surface area (Å²) >= 11 is 0. The molecule has 2 aromatic heterocycles. The molecular formula is C47H30N2O2. The van der Waals surface area contributed by atoms with Gasteiger partial charge in [0.2, 0.25) is 5.89 Å². The Hall–Kier alpha value is -6.91. The number of furan rings is 1. The largest absolute Gasteiger partial charge is 0.456 e. The van der Waals surface area contributed by atoms with Crippen molar-refractivity contribution in [1.29, 1.82) is 0 Å². The van der Waals surface area contributed by atoms with Crippen LogP contribution in [0, 0.1) is 0 Å². The fourth-order valence-electron chi connectivity index (χ4n) is 7.10. The van der Waals surface area contributed by atoms with Gasteiger partial charge >= 0.3 is 0 Å². The van der Waals surface area contributed by atoms with Crippen molar-refractivity contribution >= 4 is 60.9 Å². The second kappa shape index (κ2) is 11.9. The molecular weight excluding hydrogens is 625 g/mol. The minimum absolute atomic E-state index is 0.608. The molecule has 2 heterocycles. The second-order valence-corrected chi connectivity index (χ2v) is 12.8. The normalized spacial score (nSPS) is 11.5. The van der Waals surface area contributed by atoms with E-state index in [1.165, 1.54) is 21.9 Å². The maximum atomic E-state index is 6.41. The minimum Gasteiger partial charge on any atom is -0.456 e. The first kappa shape index (κ1) is 29.0. The standard InChI is InChI=1S/C47H30N2O2/c1-3-10-31(11-4-1)36-16-9-17-39(26-36)49(40-24-20-32-12-7-8-15-35(32)27-40)38-22-18-33(19-23-38)37-21-25-41-42-29-46-43(30-45(42)50-44(41)28-37)48-47(51-46)34-13-5-2-6-14-34/h1-30H. The number of rotatable bonds is 6. The summed E-state index contributed by atoms with van der Waals surface area (Å²) in [6.07, 6.45) is 0. The average Bonchev–Trinajstić information content (AvgIpc) is 3.78. The number of hydrogen-bond acceptors (Lipinski definition) is 4. The molecule has 0 amide bonds. The van der Waals surface area contributed by atoms with Crippen LogP contribution in [0.15, 0.2) is 191 Å². The van der Waals surface area contributed by atoms with Gasteiger partial charge in [0.1, 0.15) is 16.7 Å². The van der Waals surface area contributed by atoms with Crippen LogP contribution in [0.2, 0.25) is 0 Å². The summed E-state index contributed by atoms with van der Waals surface area (Å²) in [6.45, 7) is 0. The first-order valence-electron chi connectivity index (χ1n) is 17.1. The second-order valence-electron chi connectivity index (χ2n) is 12.8. The van der Waals surface area contributed by atoms with E-state index in [1.807, 2.05) is 42.5 Å². The van der Waals surface area contributed by atoms with Gasteiger partial charge in [-0.25, -0.2) is 4.98 Å². The van der Waals surface area contributed by atoms with Gasteiger partial charge in [-0.05, 0) is 99.8 Å². The van der Waals surface area contributed by atoms with Crippen molar-refractivity contribution < 1.29 is 8.83 Å². The van der Waals surface area contributed by atoms with E-state index in [0.717, 1.165) is 66.8 Å². The lowest BCUT2D eigenvalue weighted by molar-refractivity contribution is 0.620. The lowest BCUT2D eigenvalue weighted by Gasteiger charge is -2.26. The Labute approximate surface area is 294 Å². The topological polar surface area (TPSA) is 42.4 Å². The van der Waals surface area contributed by atoms with Gasteiger partial charge in [-0.2, -0.15) is 0 Å². The van der Waals surface area contributed by atoms with Crippen LogP contribution in [0.1, 0.15) is 0 Å². The number of hydrogen-bond donors (Lipinski definition) is 0. The van der Waals surface area contributed by atoms with Crippen molar-refractivity contribution in [2.75, 3.05) is 4.90 Å². The van der Waals surface area contributed by atoms with E-state index in [2.05, 4.69) is 144 Å². The van der Waals surface area contributed by atoms with E-state index < -0.39 is 0 Å². The zero-order valence-corrected chi connectivity index (χ0v) is 27.5. The molecule has 0 aliphatic rings. The summed E-state index contributed by atoms with van der Waals surface area (Å²) in [4.78, 5) is 7.07. The fraction of sp³-hybridized carbons (Fsp3) is 0. The quantitative estimate of drug-likeness (QED) is 0.179. The van der Waals surface area contributed by atoms with Gasteiger partial charge in [0.15, 0.2) is 5.58 Å². The fourth-order valence-corrected chi connectivity index (χ4v) is 7.10. The maximum Gasteiger partial charge on any atom is 0.227 e. The number of benzene rings is 8. The smallest absolute Gasteiger partial charge is 0.227 e. The molecule has 0 saturated carbocycles. The van der Waals surface area contributed by atoms with Crippen molar-refractivity contribution in [2.24, 2.45) is 0 Å². The van der Waals surface area contributed by atoms with Gasteiger partial charge in [0, 0.05) is 39.5 Å². The Balaban J connectivity index is 1.02. The molecule has 0 aliphatic carbocycles. The van der Waals surface area contributed by atoms with Crippen molar-refractivity contribution in [3.8, 4) is 33.7 Å². The summed E-state index contributed by atoms with van der Waals surface area (Å²) in [7, 11) is 0. The summed E-state index contributed by atoms with van der Waals surface area (Å²) in [5, 5.41) is 4.48. The molecule has 51 heavy (non-hydrogen) atoms. The predicted octanol–water partition coefficient (Wildman–Crippen LogP) is 13.4. The summed E-state index contributed by atoms with van der Waals surface area (Å²) in [5.41, 5.74) is 11.9. The zero-order valence-electron chi connectivity index (χ0n) is 27.5. The maximum absolute atomic E-state index is 6.41. The summed E-state index contributed by atoms with van der Waals surface area (Å²) in [6, 6.07) is 63.7. The molecule has 0 aliphatic heterocycles. The van der Waals surface area contributed by atoms with Gasteiger partial charge in [-0.1, -0.05) is 109 Å². The Morgan fingerprint density at radius 3 is 1.80 bits per heavy atom. The summed E-state index contributed by atoms with van der Waals surface area (Å²) in [5.74, 6) is 0.608. The lowest BCUT2D eigenvalue weighted by atomic mass is 10.0. The van der Waals surface area contributed by atoms with E-state index in [-0.39, 0.29) is 0 Å². The van der Waals surface area contributed by atoms with E-state index in [1.54, 1.807) is 0 Å². The first-order valence-corrected chi connectivity index (χ1v) is 17.1. The van der Waals surface area contributed by atoms with Gasteiger partial charge in [-0.15, -0.1) is 0 Å². The number of anilines is 3. The Morgan fingerprint density at radius 1 is 0.353 bits per heavy atom. The third-order valence-electron chi connectivity index (χ3n) is 9.66. The highest BCUT2D eigenvalue weighted by molar-refractivity contribution is 6.09. The van der Waals surface area contributed by atoms with Crippen molar-refractivity contribution in [3.05, 3.63) is 182 Å². The van der Waals surface area contributed by atoms with Gasteiger partial charge in [0.05, 0.1) is 0 Å². The highest BCUT2D eigenvalue weighted by atomic mass is 16.4. The van der Waals surface area contributed by atoms with Crippen molar-refractivity contribution in [1.82, 2.24) is 4.98 Å². The van der Waals surface area contributed by atoms with Crippen LogP contribution in [0.4, 0.5) is 17.1 Å². The van der Waals surface area contributed by atoms with E-state index in [9.17, 15) is 0 Å². The van der Waals surface area contributed by atoms with E-state index >= 15 is 0 Å². The lowest BCUT2D eigenvalue weighted by Crippen LogP contribution is -2.10. The van der Waals surface area contributed by atoms with E-state index in [4.69, 9.17) is 13.8 Å². The molecule has 0 saturated heterocycles. The van der Waals surface area contributed by atoms with E-state index in [0.29, 0.717) is 5.89 Å². The minimum atomic E-state index is 0.608. The molecule has 4 heteroatoms. The molecule has 0 fully saturated rings. The average molecular weight is 655 g/mol. The summed E-state index contributed by atoms with van der Waals surface area (Å²) < 4.78 is 12.6. The number of aromatic nitrogens is 1. The molecule has 10 aromatic rings. The van der Waals surface area contributed by atoms with Crippen LogP contribution < -0.4 is 4.90 Å². The molecule has 10 rings (SSSR count). The molecule has 0 unspecified atom stereocenters. The van der Waals surface area contributed by atoms with Crippen LogP contribution in [-0.2, 0) is 0 Å². The van der Waals surface area contributed by atoms with Gasteiger partial charge in [-0.3, -0.25) is 0 Å². The van der Waals surface area contributed by atoms with Crippen molar-refractivity contribution in [2.45, 2.75) is 0 Å². The SMILES string of the molecule is c1ccc(-c2cccc(N(c3ccc(-c4ccc5c(c4)oc4cc6nc(-c7ccccc7)oc6cc45)cc3)c3ccc4ccccc4c3)c2)cc1. The first-order chi connectivity index (χ1) is 25.2. The number of fused-ring (bicyclic) bond motifs is 5. The van der Waals surface area contributed by atoms with Crippen LogP contribution in [0.3, 0.4) is 0 Å². The van der Waals surface area contributed by atoms with Gasteiger partial charge < -0.3 is 13.7 Å². The molecule has 8 aromatic carbocycles. The monoisotopic (exact) mass is 654 g/mol. The molecule has 0 N–H and O–H groups in total. The highest BCUT2D eigenvalue weighted by Crippen LogP contribution is 2.40. The molecule has 0 bridgehead atoms. The van der Waals surface area contributed by atoms with Gasteiger partial charge in [0.25, 0.3) is 0 Å². The third-order valence-corrected chi connectivity index (χ3v) is 9.66. The predicted molar refractivity (Wildman–Crippen MR) is 210 cm³/mol. The molecule has 240 valence electrons. The van der Waals surface area contributed by atoms with Crippen LogP contribution in [-0.4, -0.2) is 4.98 Å². The molecule has 0 spiro atoms. The Kier molecular flexibility index (Phi) is 6.78. The van der Waals surface area contributed by atoms with Crippen LogP contribution in [0.25, 0.3) is 77.5 Å². The van der Waals surface area contributed by atoms with Crippen LogP contribution in [0.5, 0.6) is 0 Å². The molecule has 0 atom stereocenters. The van der Waals surface area contributed by atoms with Crippen molar-refractivity contribution in [3.63, 3.8) is 0 Å². The highest BCUT2D eigenvalue weighted by Gasteiger charge is 2.17.